The van der Waals surface area contributed by atoms with Crippen LogP contribution < -0.4 is 10.6 Å². The van der Waals surface area contributed by atoms with Gasteiger partial charge in [0.15, 0.2) is 0 Å². The van der Waals surface area contributed by atoms with Gasteiger partial charge >= 0.3 is 6.03 Å². The second-order valence-corrected chi connectivity index (χ2v) is 5.66. The lowest BCUT2D eigenvalue weighted by Crippen LogP contribution is -2.40. The summed E-state index contributed by atoms with van der Waals surface area (Å²) in [5.74, 6) is 0.912. The summed E-state index contributed by atoms with van der Waals surface area (Å²) < 4.78 is 0. The van der Waals surface area contributed by atoms with Crippen molar-refractivity contribution in [2.45, 2.75) is 33.1 Å². The largest absolute Gasteiger partial charge is 0.396 e. The zero-order valence-corrected chi connectivity index (χ0v) is 12.3. The van der Waals surface area contributed by atoms with Gasteiger partial charge in [0.25, 0.3) is 0 Å². The van der Waals surface area contributed by atoms with Gasteiger partial charge in [-0.1, -0.05) is 13.8 Å². The average Bonchev–Trinajstić information content (AvgIpc) is 2.82. The molecule has 2 amide bonds. The van der Waals surface area contributed by atoms with Crippen molar-refractivity contribution in [3.63, 3.8) is 0 Å². The van der Waals surface area contributed by atoms with Crippen molar-refractivity contribution in [2.75, 3.05) is 39.3 Å². The SMILES string of the molecule is CCCN1CCC(CNC(=O)NCC(C)CCO)C1. The molecular formula is C14H29N3O2. The quantitative estimate of drug-likeness (QED) is 0.618. The molecule has 1 aliphatic heterocycles. The van der Waals surface area contributed by atoms with Crippen LogP contribution in [0.1, 0.15) is 33.1 Å². The number of amides is 2. The number of aliphatic hydroxyl groups is 1. The Morgan fingerprint density at radius 1 is 1.47 bits per heavy atom. The zero-order chi connectivity index (χ0) is 14.1. The summed E-state index contributed by atoms with van der Waals surface area (Å²) in [6.45, 7) is 9.23. The van der Waals surface area contributed by atoms with Crippen LogP contribution in [0.2, 0.25) is 0 Å². The van der Waals surface area contributed by atoms with Gasteiger partial charge in [-0.3, -0.25) is 0 Å². The molecule has 1 aliphatic rings. The fourth-order valence-corrected chi connectivity index (χ4v) is 2.49. The molecule has 3 N–H and O–H groups in total. The number of carbonyl (C=O) groups is 1. The van der Waals surface area contributed by atoms with E-state index < -0.39 is 0 Å². The predicted octanol–water partition coefficient (Wildman–Crippen LogP) is 1.04. The Bertz CT molecular complexity index is 261. The van der Waals surface area contributed by atoms with Crippen molar-refractivity contribution in [2.24, 2.45) is 11.8 Å². The number of carbonyl (C=O) groups excluding carboxylic acids is 1. The lowest BCUT2D eigenvalue weighted by atomic mass is 10.1. The smallest absolute Gasteiger partial charge is 0.314 e. The molecule has 0 aromatic heterocycles. The third kappa shape index (κ3) is 6.78. The molecule has 5 heteroatoms. The lowest BCUT2D eigenvalue weighted by Gasteiger charge is -2.16. The van der Waals surface area contributed by atoms with Crippen molar-refractivity contribution in [1.82, 2.24) is 15.5 Å². The Morgan fingerprint density at radius 3 is 2.95 bits per heavy atom. The number of rotatable bonds is 8. The third-order valence-electron chi connectivity index (χ3n) is 3.69. The Kier molecular flexibility index (Phi) is 7.82. The molecule has 0 spiro atoms. The van der Waals surface area contributed by atoms with E-state index in [1.54, 1.807) is 0 Å². The predicted molar refractivity (Wildman–Crippen MR) is 77.1 cm³/mol. The molecule has 0 aromatic carbocycles. The summed E-state index contributed by atoms with van der Waals surface area (Å²) in [6.07, 6.45) is 3.11. The van der Waals surface area contributed by atoms with E-state index in [9.17, 15) is 4.79 Å². The molecule has 1 heterocycles. The molecule has 0 aromatic rings. The Morgan fingerprint density at radius 2 is 2.26 bits per heavy atom. The molecule has 1 rings (SSSR count). The molecule has 0 bridgehead atoms. The summed E-state index contributed by atoms with van der Waals surface area (Å²) in [6, 6.07) is -0.0845. The molecule has 2 unspecified atom stereocenters. The standard InChI is InChI=1S/C14H29N3O2/c1-3-6-17-7-4-13(11-17)10-16-14(19)15-9-12(2)5-8-18/h12-13,18H,3-11H2,1-2H3,(H2,15,16,19). The summed E-state index contributed by atoms with van der Waals surface area (Å²) in [5, 5.41) is 14.6. The molecule has 19 heavy (non-hydrogen) atoms. The van der Waals surface area contributed by atoms with E-state index in [2.05, 4.69) is 22.5 Å². The van der Waals surface area contributed by atoms with Gasteiger partial charge in [0, 0.05) is 26.2 Å². The number of hydrogen-bond acceptors (Lipinski definition) is 3. The Hall–Kier alpha value is -0.810. The van der Waals surface area contributed by atoms with Crippen LogP contribution in [-0.2, 0) is 0 Å². The number of likely N-dealkylation sites (tertiary alicyclic amines) is 1. The van der Waals surface area contributed by atoms with Crippen LogP contribution in [0.3, 0.4) is 0 Å². The average molecular weight is 271 g/mol. The second-order valence-electron chi connectivity index (χ2n) is 5.66. The number of nitrogens with zero attached hydrogens (tertiary/aromatic N) is 1. The fourth-order valence-electron chi connectivity index (χ4n) is 2.49. The van der Waals surface area contributed by atoms with E-state index in [0.29, 0.717) is 18.4 Å². The number of nitrogens with one attached hydrogen (secondary N) is 2. The molecule has 5 nitrogen and oxygen atoms in total. The first-order chi connectivity index (χ1) is 9.15. The highest BCUT2D eigenvalue weighted by molar-refractivity contribution is 5.73. The van der Waals surface area contributed by atoms with E-state index >= 15 is 0 Å². The van der Waals surface area contributed by atoms with E-state index in [1.165, 1.54) is 19.4 Å². The topological polar surface area (TPSA) is 64.6 Å². The molecule has 2 atom stereocenters. The fraction of sp³-hybridized carbons (Fsp3) is 0.929. The van der Waals surface area contributed by atoms with Gasteiger partial charge in [-0.2, -0.15) is 0 Å². The van der Waals surface area contributed by atoms with Crippen molar-refractivity contribution < 1.29 is 9.90 Å². The molecular weight excluding hydrogens is 242 g/mol. The van der Waals surface area contributed by atoms with Gasteiger partial charge in [0.05, 0.1) is 0 Å². The van der Waals surface area contributed by atoms with Crippen LogP contribution in [0.4, 0.5) is 4.79 Å². The maximum atomic E-state index is 11.6. The summed E-state index contributed by atoms with van der Waals surface area (Å²) >= 11 is 0. The van der Waals surface area contributed by atoms with Gasteiger partial charge in [0.1, 0.15) is 0 Å². The number of hydrogen-bond donors (Lipinski definition) is 3. The minimum atomic E-state index is -0.0845. The third-order valence-corrected chi connectivity index (χ3v) is 3.69. The highest BCUT2D eigenvalue weighted by Crippen LogP contribution is 2.15. The minimum Gasteiger partial charge on any atom is -0.396 e. The molecule has 112 valence electrons. The summed E-state index contributed by atoms with van der Waals surface area (Å²) in [4.78, 5) is 14.1. The number of aliphatic hydroxyl groups excluding tert-OH is 1. The first-order valence-corrected chi connectivity index (χ1v) is 7.50. The highest BCUT2D eigenvalue weighted by atomic mass is 16.3. The highest BCUT2D eigenvalue weighted by Gasteiger charge is 2.21. The lowest BCUT2D eigenvalue weighted by molar-refractivity contribution is 0.232. The van der Waals surface area contributed by atoms with E-state index in [4.69, 9.17) is 5.11 Å². The van der Waals surface area contributed by atoms with Gasteiger partial charge in [-0.05, 0) is 44.2 Å². The maximum absolute atomic E-state index is 11.6. The summed E-state index contributed by atoms with van der Waals surface area (Å²) in [7, 11) is 0. The van der Waals surface area contributed by atoms with Gasteiger partial charge < -0.3 is 20.6 Å². The van der Waals surface area contributed by atoms with Crippen molar-refractivity contribution in [1.29, 1.82) is 0 Å². The van der Waals surface area contributed by atoms with E-state index in [-0.39, 0.29) is 12.6 Å². The number of urea groups is 1. The van der Waals surface area contributed by atoms with E-state index in [1.807, 2.05) is 6.92 Å². The first kappa shape index (κ1) is 16.2. The molecule has 1 saturated heterocycles. The molecule has 0 aliphatic carbocycles. The minimum absolute atomic E-state index is 0.0845. The Balaban J connectivity index is 2.07. The van der Waals surface area contributed by atoms with Crippen LogP contribution in [0.25, 0.3) is 0 Å². The molecule has 0 radical (unpaired) electrons. The van der Waals surface area contributed by atoms with E-state index in [0.717, 1.165) is 26.1 Å². The van der Waals surface area contributed by atoms with Crippen molar-refractivity contribution in [3.05, 3.63) is 0 Å². The second kappa shape index (κ2) is 9.15. The normalized spacial score (nSPS) is 21.3. The van der Waals surface area contributed by atoms with Crippen LogP contribution in [0.5, 0.6) is 0 Å². The van der Waals surface area contributed by atoms with Gasteiger partial charge in [-0.15, -0.1) is 0 Å². The van der Waals surface area contributed by atoms with Crippen molar-refractivity contribution >= 4 is 6.03 Å². The zero-order valence-electron chi connectivity index (χ0n) is 12.3. The van der Waals surface area contributed by atoms with Gasteiger partial charge in [-0.25, -0.2) is 4.79 Å². The maximum Gasteiger partial charge on any atom is 0.314 e. The van der Waals surface area contributed by atoms with Crippen LogP contribution in [0, 0.1) is 11.8 Å². The van der Waals surface area contributed by atoms with Crippen LogP contribution in [-0.4, -0.2) is 55.4 Å². The first-order valence-electron chi connectivity index (χ1n) is 7.50. The monoisotopic (exact) mass is 271 g/mol. The van der Waals surface area contributed by atoms with Crippen molar-refractivity contribution in [3.8, 4) is 0 Å². The Labute approximate surface area is 116 Å². The molecule has 0 saturated carbocycles. The van der Waals surface area contributed by atoms with Gasteiger partial charge in [0.2, 0.25) is 0 Å². The summed E-state index contributed by atoms with van der Waals surface area (Å²) in [5.41, 5.74) is 0. The molecule has 1 fully saturated rings. The van der Waals surface area contributed by atoms with Crippen LogP contribution in [0.15, 0.2) is 0 Å². The van der Waals surface area contributed by atoms with Crippen LogP contribution >= 0.6 is 0 Å².